The molecule has 2 aromatic heterocycles. The Morgan fingerprint density at radius 1 is 1.17 bits per heavy atom. The van der Waals surface area contributed by atoms with Gasteiger partial charge in [-0.25, -0.2) is 19.9 Å². The standard InChI is InChI=1S/C13H15N5/c1-14-12-9-4-2-3-5-10(9)17-13(18-12)11-6-7-15-8-16-11/h6-8H,2-5H2,1H3,(H,14,17,18). The lowest BCUT2D eigenvalue weighted by atomic mass is 9.96. The summed E-state index contributed by atoms with van der Waals surface area (Å²) in [6.45, 7) is 0. The van der Waals surface area contributed by atoms with Crippen LogP contribution in [0.2, 0.25) is 0 Å². The summed E-state index contributed by atoms with van der Waals surface area (Å²) in [7, 11) is 1.90. The lowest BCUT2D eigenvalue weighted by molar-refractivity contribution is 0.665. The Balaban J connectivity index is 2.12. The number of nitrogens with one attached hydrogen (secondary N) is 1. The van der Waals surface area contributed by atoms with Crippen molar-refractivity contribution < 1.29 is 0 Å². The van der Waals surface area contributed by atoms with E-state index in [-0.39, 0.29) is 0 Å². The third kappa shape index (κ3) is 1.92. The topological polar surface area (TPSA) is 63.6 Å². The van der Waals surface area contributed by atoms with E-state index in [2.05, 4.69) is 25.3 Å². The molecule has 1 N–H and O–H groups in total. The van der Waals surface area contributed by atoms with E-state index in [1.54, 1.807) is 6.20 Å². The highest BCUT2D eigenvalue weighted by Gasteiger charge is 2.17. The average Bonchev–Trinajstić information content (AvgIpc) is 2.47. The van der Waals surface area contributed by atoms with Gasteiger partial charge >= 0.3 is 0 Å². The molecule has 0 amide bonds. The lowest BCUT2D eigenvalue weighted by Gasteiger charge is -2.18. The highest BCUT2D eigenvalue weighted by molar-refractivity contribution is 5.56. The molecule has 0 fully saturated rings. The maximum atomic E-state index is 4.65. The van der Waals surface area contributed by atoms with Crippen LogP contribution in [-0.4, -0.2) is 27.0 Å². The summed E-state index contributed by atoms with van der Waals surface area (Å²) in [4.78, 5) is 17.3. The summed E-state index contributed by atoms with van der Waals surface area (Å²) in [6, 6.07) is 1.84. The fraction of sp³-hybridized carbons (Fsp3) is 0.385. The molecule has 0 bridgehead atoms. The molecule has 5 heteroatoms. The van der Waals surface area contributed by atoms with E-state index in [0.29, 0.717) is 5.82 Å². The number of nitrogens with zero attached hydrogens (tertiary/aromatic N) is 4. The normalized spacial score (nSPS) is 14.1. The minimum atomic E-state index is 0.683. The van der Waals surface area contributed by atoms with Gasteiger partial charge in [-0.1, -0.05) is 0 Å². The molecule has 0 spiro atoms. The zero-order valence-electron chi connectivity index (χ0n) is 10.3. The van der Waals surface area contributed by atoms with Gasteiger partial charge in [0.25, 0.3) is 0 Å². The van der Waals surface area contributed by atoms with Gasteiger partial charge in [0.1, 0.15) is 17.8 Å². The van der Waals surface area contributed by atoms with Crippen molar-refractivity contribution >= 4 is 5.82 Å². The van der Waals surface area contributed by atoms with Crippen LogP contribution in [0.1, 0.15) is 24.1 Å². The van der Waals surface area contributed by atoms with Gasteiger partial charge in [-0.05, 0) is 31.7 Å². The van der Waals surface area contributed by atoms with Crippen LogP contribution in [0.3, 0.4) is 0 Å². The van der Waals surface area contributed by atoms with E-state index < -0.39 is 0 Å². The van der Waals surface area contributed by atoms with Crippen LogP contribution in [0, 0.1) is 0 Å². The first-order valence-corrected chi connectivity index (χ1v) is 6.22. The van der Waals surface area contributed by atoms with Gasteiger partial charge in [0.05, 0.1) is 0 Å². The number of fused-ring (bicyclic) bond motifs is 1. The average molecular weight is 241 g/mol. The van der Waals surface area contributed by atoms with Crippen molar-refractivity contribution in [3.8, 4) is 11.5 Å². The largest absolute Gasteiger partial charge is 0.373 e. The van der Waals surface area contributed by atoms with Crippen molar-refractivity contribution in [1.82, 2.24) is 19.9 Å². The highest BCUT2D eigenvalue weighted by atomic mass is 15.0. The monoisotopic (exact) mass is 241 g/mol. The van der Waals surface area contributed by atoms with Crippen molar-refractivity contribution in [1.29, 1.82) is 0 Å². The van der Waals surface area contributed by atoms with Crippen molar-refractivity contribution in [2.24, 2.45) is 0 Å². The fourth-order valence-corrected chi connectivity index (χ4v) is 2.34. The van der Waals surface area contributed by atoms with Crippen LogP contribution < -0.4 is 5.32 Å². The van der Waals surface area contributed by atoms with E-state index in [0.717, 1.165) is 30.0 Å². The summed E-state index contributed by atoms with van der Waals surface area (Å²) in [5.41, 5.74) is 3.20. The van der Waals surface area contributed by atoms with Gasteiger partial charge in [0, 0.05) is 24.5 Å². The Bertz CT molecular complexity index is 536. The summed E-state index contributed by atoms with van der Waals surface area (Å²) in [5, 5.41) is 3.17. The van der Waals surface area contributed by atoms with Gasteiger partial charge in [-0.15, -0.1) is 0 Å². The zero-order chi connectivity index (χ0) is 12.4. The molecule has 0 aromatic carbocycles. The maximum absolute atomic E-state index is 4.65. The van der Waals surface area contributed by atoms with Gasteiger partial charge in [0.15, 0.2) is 5.82 Å². The first-order valence-electron chi connectivity index (χ1n) is 6.22. The molecule has 0 unspecified atom stereocenters. The van der Waals surface area contributed by atoms with Crippen LogP contribution in [-0.2, 0) is 12.8 Å². The number of aryl methyl sites for hydroxylation is 1. The van der Waals surface area contributed by atoms with E-state index in [1.807, 2.05) is 13.1 Å². The summed E-state index contributed by atoms with van der Waals surface area (Å²) >= 11 is 0. The quantitative estimate of drug-likeness (QED) is 0.869. The van der Waals surface area contributed by atoms with Crippen LogP contribution in [0.25, 0.3) is 11.5 Å². The Morgan fingerprint density at radius 3 is 2.83 bits per heavy atom. The van der Waals surface area contributed by atoms with Crippen LogP contribution in [0.5, 0.6) is 0 Å². The van der Waals surface area contributed by atoms with Crippen LogP contribution in [0.15, 0.2) is 18.6 Å². The lowest BCUT2D eigenvalue weighted by Crippen LogP contribution is -2.12. The molecule has 0 atom stereocenters. The zero-order valence-corrected chi connectivity index (χ0v) is 10.3. The SMILES string of the molecule is CNc1nc(-c2ccncn2)nc2c1CCCC2. The number of rotatable bonds is 2. The number of aromatic nitrogens is 4. The van der Waals surface area contributed by atoms with Gasteiger partial charge in [-0.3, -0.25) is 0 Å². The number of anilines is 1. The second kappa shape index (κ2) is 4.68. The Hall–Kier alpha value is -2.04. The number of hydrogen-bond donors (Lipinski definition) is 1. The molecule has 1 aliphatic carbocycles. The first kappa shape index (κ1) is 11.1. The van der Waals surface area contributed by atoms with Crippen molar-refractivity contribution in [2.45, 2.75) is 25.7 Å². The molecule has 3 rings (SSSR count). The van der Waals surface area contributed by atoms with Gasteiger partial charge in [-0.2, -0.15) is 0 Å². The molecule has 0 saturated heterocycles. The molecular formula is C13H15N5. The fourth-order valence-electron chi connectivity index (χ4n) is 2.34. The Kier molecular flexibility index (Phi) is 2.88. The predicted octanol–water partition coefficient (Wildman–Crippen LogP) is 1.85. The van der Waals surface area contributed by atoms with Crippen molar-refractivity contribution in [3.05, 3.63) is 29.8 Å². The minimum Gasteiger partial charge on any atom is -0.373 e. The maximum Gasteiger partial charge on any atom is 0.180 e. The van der Waals surface area contributed by atoms with Crippen molar-refractivity contribution in [3.63, 3.8) is 0 Å². The molecular weight excluding hydrogens is 226 g/mol. The minimum absolute atomic E-state index is 0.683. The molecule has 0 radical (unpaired) electrons. The number of hydrogen-bond acceptors (Lipinski definition) is 5. The molecule has 2 heterocycles. The Labute approximate surface area is 106 Å². The van der Waals surface area contributed by atoms with Gasteiger partial charge < -0.3 is 5.32 Å². The van der Waals surface area contributed by atoms with E-state index >= 15 is 0 Å². The van der Waals surface area contributed by atoms with E-state index in [9.17, 15) is 0 Å². The first-order chi connectivity index (χ1) is 8.88. The second-order valence-corrected chi connectivity index (χ2v) is 4.37. The molecule has 18 heavy (non-hydrogen) atoms. The third-order valence-corrected chi connectivity index (χ3v) is 3.23. The molecule has 0 aliphatic heterocycles. The molecule has 0 saturated carbocycles. The molecule has 5 nitrogen and oxygen atoms in total. The summed E-state index contributed by atoms with van der Waals surface area (Å²) < 4.78 is 0. The Morgan fingerprint density at radius 2 is 2.06 bits per heavy atom. The van der Waals surface area contributed by atoms with Crippen molar-refractivity contribution in [2.75, 3.05) is 12.4 Å². The molecule has 92 valence electrons. The highest BCUT2D eigenvalue weighted by Crippen LogP contribution is 2.27. The van der Waals surface area contributed by atoms with E-state index in [1.165, 1.54) is 24.7 Å². The third-order valence-electron chi connectivity index (χ3n) is 3.23. The van der Waals surface area contributed by atoms with Crippen LogP contribution in [0.4, 0.5) is 5.82 Å². The van der Waals surface area contributed by atoms with Gasteiger partial charge in [0.2, 0.25) is 0 Å². The molecule has 2 aromatic rings. The van der Waals surface area contributed by atoms with Crippen LogP contribution >= 0.6 is 0 Å². The summed E-state index contributed by atoms with van der Waals surface area (Å²) in [6.07, 6.45) is 7.76. The predicted molar refractivity (Wildman–Crippen MR) is 69.2 cm³/mol. The second-order valence-electron chi connectivity index (χ2n) is 4.37. The molecule has 1 aliphatic rings. The van der Waals surface area contributed by atoms with E-state index in [4.69, 9.17) is 0 Å². The summed E-state index contributed by atoms with van der Waals surface area (Å²) in [5.74, 6) is 1.62. The smallest absolute Gasteiger partial charge is 0.180 e.